The zero-order valence-corrected chi connectivity index (χ0v) is 24.2. The molecule has 2 aromatic carbocycles. The molecule has 0 spiro atoms. The maximum Gasteiger partial charge on any atom is 0.407 e. The molecule has 1 aliphatic carbocycles. The Morgan fingerprint density at radius 3 is 2.49 bits per heavy atom. The second kappa shape index (κ2) is 13.8. The van der Waals surface area contributed by atoms with Crippen LogP contribution in [0.4, 0.5) is 9.18 Å². The van der Waals surface area contributed by atoms with E-state index in [0.717, 1.165) is 47.8 Å². The van der Waals surface area contributed by atoms with Gasteiger partial charge >= 0.3 is 6.09 Å². The highest BCUT2D eigenvalue weighted by Gasteiger charge is 2.51. The van der Waals surface area contributed by atoms with Crippen molar-refractivity contribution in [3.05, 3.63) is 63.9 Å². The summed E-state index contributed by atoms with van der Waals surface area (Å²) in [5.41, 5.74) is 0.336. The summed E-state index contributed by atoms with van der Waals surface area (Å²) in [6, 6.07) is 9.83. The number of ether oxygens (including phenoxy) is 3. The summed E-state index contributed by atoms with van der Waals surface area (Å²) in [7, 11) is 3.26. The number of benzene rings is 2. The normalized spacial score (nSPS) is 20.6. The molecule has 2 fully saturated rings. The van der Waals surface area contributed by atoms with E-state index < -0.39 is 23.4 Å². The number of carbonyl (C=O) groups is 2. The van der Waals surface area contributed by atoms with E-state index in [9.17, 15) is 24.2 Å². The first-order chi connectivity index (χ1) is 19.7. The van der Waals surface area contributed by atoms with E-state index in [1.54, 1.807) is 19.1 Å². The molecule has 11 heteroatoms. The van der Waals surface area contributed by atoms with Gasteiger partial charge in [0.2, 0.25) is 5.91 Å². The maximum absolute atomic E-state index is 14.4. The van der Waals surface area contributed by atoms with Crippen LogP contribution in [0.15, 0.2) is 36.4 Å². The van der Waals surface area contributed by atoms with Gasteiger partial charge in [0, 0.05) is 46.5 Å². The van der Waals surface area contributed by atoms with E-state index in [1.165, 1.54) is 12.1 Å². The molecule has 1 heterocycles. The van der Waals surface area contributed by atoms with E-state index in [0.29, 0.717) is 25.6 Å². The third-order valence-corrected chi connectivity index (χ3v) is 8.06. The van der Waals surface area contributed by atoms with Gasteiger partial charge in [0.15, 0.2) is 0 Å². The Morgan fingerprint density at radius 2 is 1.83 bits per heavy atom. The van der Waals surface area contributed by atoms with Crippen molar-refractivity contribution in [2.24, 2.45) is 5.92 Å². The first-order valence-electron chi connectivity index (χ1n) is 13.9. The lowest BCUT2D eigenvalue weighted by molar-refractivity contribution is -0.154. The van der Waals surface area contributed by atoms with Gasteiger partial charge in [0.25, 0.3) is 0 Å². The van der Waals surface area contributed by atoms with Crippen LogP contribution in [0.3, 0.4) is 0 Å². The SMILES string of the molecule is COCCCc1cc(CN(C(=O)[C@H]2CN(C(=O)O)CC[C@]2(O)c2ccc(Cl)c(F)c2)C2CC2)cc(OCCOC)c1. The number of aryl methyl sites for hydroxylation is 1. The topological polar surface area (TPSA) is 109 Å². The van der Waals surface area contributed by atoms with Crippen molar-refractivity contribution < 1.29 is 38.4 Å². The van der Waals surface area contributed by atoms with Gasteiger partial charge < -0.3 is 34.2 Å². The van der Waals surface area contributed by atoms with Crippen molar-refractivity contribution in [2.75, 3.05) is 47.1 Å². The van der Waals surface area contributed by atoms with Crippen LogP contribution in [-0.4, -0.2) is 85.2 Å². The van der Waals surface area contributed by atoms with Crippen molar-refractivity contribution in [3.8, 4) is 5.75 Å². The van der Waals surface area contributed by atoms with E-state index >= 15 is 0 Å². The minimum absolute atomic E-state index is 0.00891. The van der Waals surface area contributed by atoms with Crippen molar-refractivity contribution in [1.29, 1.82) is 0 Å². The number of carboxylic acid groups (broad SMARTS) is 1. The Morgan fingerprint density at radius 1 is 1.10 bits per heavy atom. The molecule has 2 N–H and O–H groups in total. The lowest BCUT2D eigenvalue weighted by atomic mass is 9.75. The fourth-order valence-electron chi connectivity index (χ4n) is 5.39. The minimum atomic E-state index is -1.77. The summed E-state index contributed by atoms with van der Waals surface area (Å²) < 4.78 is 30.7. The highest BCUT2D eigenvalue weighted by Crippen LogP contribution is 2.42. The average Bonchev–Trinajstić information content (AvgIpc) is 3.79. The fourth-order valence-corrected chi connectivity index (χ4v) is 5.51. The number of carbonyl (C=O) groups excluding carboxylic acids is 1. The van der Waals surface area contributed by atoms with Gasteiger partial charge in [0.1, 0.15) is 23.8 Å². The van der Waals surface area contributed by atoms with Gasteiger partial charge in [-0.3, -0.25) is 4.79 Å². The van der Waals surface area contributed by atoms with Gasteiger partial charge in [-0.25, -0.2) is 9.18 Å². The number of rotatable bonds is 13. The van der Waals surface area contributed by atoms with E-state index in [-0.39, 0.29) is 48.6 Å². The zero-order valence-electron chi connectivity index (χ0n) is 23.5. The minimum Gasteiger partial charge on any atom is -0.491 e. The van der Waals surface area contributed by atoms with Crippen molar-refractivity contribution in [3.63, 3.8) is 0 Å². The molecule has 1 saturated carbocycles. The van der Waals surface area contributed by atoms with Crippen LogP contribution in [0, 0.1) is 11.7 Å². The fraction of sp³-hybridized carbons (Fsp3) is 0.533. The summed E-state index contributed by atoms with van der Waals surface area (Å²) in [5, 5.41) is 21.5. The quantitative estimate of drug-likeness (QED) is 0.331. The first-order valence-corrected chi connectivity index (χ1v) is 14.2. The number of halogens is 2. The number of nitrogens with zero attached hydrogens (tertiary/aromatic N) is 2. The van der Waals surface area contributed by atoms with E-state index in [4.69, 9.17) is 25.8 Å². The number of aliphatic hydroxyl groups is 1. The molecule has 4 rings (SSSR count). The van der Waals surface area contributed by atoms with Crippen molar-refractivity contribution in [1.82, 2.24) is 9.80 Å². The molecule has 2 aromatic rings. The van der Waals surface area contributed by atoms with Crippen LogP contribution >= 0.6 is 11.6 Å². The number of amides is 2. The molecule has 1 aliphatic heterocycles. The summed E-state index contributed by atoms with van der Waals surface area (Å²) in [5.74, 6) is -1.55. The predicted molar refractivity (Wildman–Crippen MR) is 151 cm³/mol. The van der Waals surface area contributed by atoms with Gasteiger partial charge in [-0.05, 0) is 73.1 Å². The van der Waals surface area contributed by atoms with Gasteiger partial charge in [-0.1, -0.05) is 23.7 Å². The smallest absolute Gasteiger partial charge is 0.407 e. The van der Waals surface area contributed by atoms with Gasteiger partial charge in [-0.2, -0.15) is 0 Å². The Labute approximate surface area is 244 Å². The third-order valence-electron chi connectivity index (χ3n) is 7.75. The average molecular weight is 593 g/mol. The Balaban J connectivity index is 1.65. The molecular formula is C30H38ClFN2O7. The van der Waals surface area contributed by atoms with E-state index in [2.05, 4.69) is 0 Å². The molecule has 0 aromatic heterocycles. The molecule has 0 bridgehead atoms. The van der Waals surface area contributed by atoms with Crippen LogP contribution in [0.2, 0.25) is 5.02 Å². The molecule has 1 saturated heterocycles. The standard InChI is InChI=1S/C30H38ClFN2O7/c1-39-11-3-4-20-14-21(16-24(15-20)41-13-12-40-2)18-34(23-6-7-23)28(35)25-19-33(29(36)37)10-9-30(25,38)22-5-8-26(31)27(32)17-22/h5,8,14-17,23,25,38H,3-4,6-7,9-13,18-19H2,1-2H3,(H,36,37)/t25-,30+/m1/s1. The Kier molecular flexibility index (Phi) is 10.5. The first kappa shape index (κ1) is 31.0. The third kappa shape index (κ3) is 7.68. The number of hydrogen-bond acceptors (Lipinski definition) is 6. The highest BCUT2D eigenvalue weighted by atomic mass is 35.5. The van der Waals surface area contributed by atoms with Crippen LogP contribution in [0.5, 0.6) is 5.75 Å². The molecule has 9 nitrogen and oxygen atoms in total. The summed E-state index contributed by atoms with van der Waals surface area (Å²) in [4.78, 5) is 29.0. The largest absolute Gasteiger partial charge is 0.491 e. The summed E-state index contributed by atoms with van der Waals surface area (Å²) in [6.45, 7) is 1.48. The number of piperidine rings is 1. The molecule has 41 heavy (non-hydrogen) atoms. The second-order valence-electron chi connectivity index (χ2n) is 10.7. The van der Waals surface area contributed by atoms with E-state index in [1.807, 2.05) is 18.2 Å². The van der Waals surface area contributed by atoms with Crippen LogP contribution in [-0.2, 0) is 32.8 Å². The summed E-state index contributed by atoms with van der Waals surface area (Å²) in [6.07, 6.45) is 1.96. The van der Waals surface area contributed by atoms with Crippen LogP contribution in [0.1, 0.15) is 42.4 Å². The number of methoxy groups -OCH3 is 2. The summed E-state index contributed by atoms with van der Waals surface area (Å²) >= 11 is 5.88. The Bertz CT molecular complexity index is 1200. The molecule has 2 amide bonds. The zero-order chi connectivity index (χ0) is 29.6. The van der Waals surface area contributed by atoms with Crippen LogP contribution in [0.25, 0.3) is 0 Å². The van der Waals surface area contributed by atoms with Gasteiger partial charge in [-0.15, -0.1) is 0 Å². The Hall–Kier alpha value is -2.92. The van der Waals surface area contributed by atoms with Crippen LogP contribution < -0.4 is 4.74 Å². The molecule has 2 atom stereocenters. The molecule has 2 aliphatic rings. The molecular weight excluding hydrogens is 555 g/mol. The van der Waals surface area contributed by atoms with Crippen molar-refractivity contribution in [2.45, 2.75) is 50.3 Å². The molecule has 224 valence electrons. The maximum atomic E-state index is 14.4. The molecule has 0 radical (unpaired) electrons. The van der Waals surface area contributed by atoms with Gasteiger partial charge in [0.05, 0.1) is 17.5 Å². The molecule has 0 unspecified atom stereocenters. The predicted octanol–water partition coefficient (Wildman–Crippen LogP) is 4.46. The highest BCUT2D eigenvalue weighted by molar-refractivity contribution is 6.30. The lowest BCUT2D eigenvalue weighted by Gasteiger charge is -2.45. The van der Waals surface area contributed by atoms with Crippen molar-refractivity contribution >= 4 is 23.6 Å². The second-order valence-corrected chi connectivity index (χ2v) is 11.1. The lowest BCUT2D eigenvalue weighted by Crippen LogP contribution is -2.57. The number of hydrogen-bond donors (Lipinski definition) is 2. The number of likely N-dealkylation sites (tertiary alicyclic amines) is 1. The monoisotopic (exact) mass is 592 g/mol.